The maximum absolute atomic E-state index is 15.9. The molecule has 0 atom stereocenters. The van der Waals surface area contributed by atoms with E-state index in [4.69, 9.17) is 4.74 Å². The number of phenolic OH excluding ortho intramolecular Hbond substituents is 3. The zero-order valence-corrected chi connectivity index (χ0v) is 24.1. The number of hydrogen-bond donors (Lipinski definition) is 3. The molecule has 0 heterocycles. The van der Waals surface area contributed by atoms with Gasteiger partial charge < -0.3 is 20.1 Å². The number of carbonyl (C=O) groups excluding carboxylic acids is 1. The van der Waals surface area contributed by atoms with Crippen LogP contribution in [0.25, 0.3) is 43.8 Å². The van der Waals surface area contributed by atoms with Crippen LogP contribution in [0.4, 0.5) is 30.7 Å². The van der Waals surface area contributed by atoms with Crippen molar-refractivity contribution < 1.29 is 55.6 Å². The molecule has 6 aromatic rings. The molecule has 6 rings (SSSR count). The van der Waals surface area contributed by atoms with Gasteiger partial charge in [0.15, 0.2) is 57.9 Å². The minimum absolute atomic E-state index is 0.0261. The van der Waals surface area contributed by atoms with Crippen molar-refractivity contribution in [3.63, 3.8) is 0 Å². The molecule has 0 spiro atoms. The fourth-order valence-electron chi connectivity index (χ4n) is 5.45. The van der Waals surface area contributed by atoms with E-state index in [1.807, 2.05) is 0 Å². The lowest BCUT2D eigenvalue weighted by molar-refractivity contribution is 0.0728. The zero-order valence-electron chi connectivity index (χ0n) is 24.1. The Bertz CT molecular complexity index is 2280. The highest BCUT2D eigenvalue weighted by molar-refractivity contribution is 6.24. The van der Waals surface area contributed by atoms with Crippen LogP contribution in [-0.2, 0) is 0 Å². The van der Waals surface area contributed by atoms with Crippen molar-refractivity contribution >= 4 is 27.5 Å². The molecular weight excluding hydrogens is 633 g/mol. The summed E-state index contributed by atoms with van der Waals surface area (Å²) in [5, 5.41) is 25.0. The Kier molecular flexibility index (Phi) is 7.46. The van der Waals surface area contributed by atoms with Gasteiger partial charge >= 0.3 is 5.97 Å². The highest BCUT2D eigenvalue weighted by atomic mass is 19.2. The Hall–Kier alpha value is -5.78. The van der Waals surface area contributed by atoms with Crippen LogP contribution in [0.15, 0.2) is 60.7 Å². The van der Waals surface area contributed by atoms with Gasteiger partial charge in [0, 0.05) is 32.7 Å². The van der Waals surface area contributed by atoms with Gasteiger partial charge in [-0.05, 0) is 37.1 Å². The van der Waals surface area contributed by atoms with Crippen molar-refractivity contribution in [3.8, 4) is 45.3 Å². The summed E-state index contributed by atoms with van der Waals surface area (Å²) in [7, 11) is 0. The van der Waals surface area contributed by atoms with Crippen LogP contribution in [0.5, 0.6) is 23.0 Å². The van der Waals surface area contributed by atoms with Crippen LogP contribution >= 0.6 is 0 Å². The summed E-state index contributed by atoms with van der Waals surface area (Å²) < 4.78 is 114. The van der Waals surface area contributed by atoms with E-state index in [9.17, 15) is 28.9 Å². The third-order valence-electron chi connectivity index (χ3n) is 7.73. The molecule has 5 nitrogen and oxygen atoms in total. The number of aromatic hydroxyl groups is 3. The van der Waals surface area contributed by atoms with Gasteiger partial charge in [-0.15, -0.1) is 0 Å². The molecule has 0 aliphatic carbocycles. The number of fused-ring (bicyclic) bond motifs is 3. The quantitative estimate of drug-likeness (QED) is 0.0336. The van der Waals surface area contributed by atoms with Gasteiger partial charge in [0.25, 0.3) is 0 Å². The normalized spacial score (nSPS) is 11.4. The molecular formula is C35H19F7O5. The Morgan fingerprint density at radius 2 is 0.915 bits per heavy atom. The molecule has 0 unspecified atom stereocenters. The number of benzene rings is 6. The standard InChI is InChI=1S/C35H19F7O5/c1-13-3-7-15(8-4-13)20-21(16-9-5-14(2)6-10-16)25-24(23-22(20)26(36)29(39)30(40)27(23)37)28(38)31(41)32(42)34(25)47-35(46)17-11-18(43)33(45)19(44)12-17/h3-12,43-45H,1-2H3. The summed E-state index contributed by atoms with van der Waals surface area (Å²) in [4.78, 5) is 13.2. The Labute approximate surface area is 260 Å². The number of hydrogen-bond acceptors (Lipinski definition) is 5. The number of esters is 1. The number of ether oxygens (including phenoxy) is 1. The molecule has 0 bridgehead atoms. The highest BCUT2D eigenvalue weighted by Gasteiger charge is 2.34. The van der Waals surface area contributed by atoms with Gasteiger partial charge in [0.1, 0.15) is 0 Å². The van der Waals surface area contributed by atoms with Gasteiger partial charge in [0.2, 0.25) is 5.82 Å². The van der Waals surface area contributed by atoms with E-state index in [2.05, 4.69) is 0 Å². The van der Waals surface area contributed by atoms with Crippen molar-refractivity contribution in [2.24, 2.45) is 0 Å². The summed E-state index contributed by atoms with van der Waals surface area (Å²) >= 11 is 0. The first-order valence-corrected chi connectivity index (χ1v) is 13.7. The SMILES string of the molecule is Cc1ccc(-c2c(-c3ccc(C)cc3)c3c(OC(=O)c4cc(O)c(O)c(O)c4)c(F)c(F)c(F)c3c3c(F)c(F)c(F)c(F)c23)cc1. The van der Waals surface area contributed by atoms with Crippen molar-refractivity contribution in [2.75, 3.05) is 0 Å². The van der Waals surface area contributed by atoms with Gasteiger partial charge in [-0.2, -0.15) is 4.39 Å². The second kappa shape index (κ2) is 11.2. The molecule has 3 N–H and O–H groups in total. The van der Waals surface area contributed by atoms with Crippen LogP contribution in [0, 0.1) is 54.6 Å². The number of aryl methyl sites for hydroxylation is 2. The van der Waals surface area contributed by atoms with E-state index in [0.29, 0.717) is 23.3 Å². The van der Waals surface area contributed by atoms with Gasteiger partial charge in [-0.1, -0.05) is 59.7 Å². The number of phenols is 3. The van der Waals surface area contributed by atoms with E-state index < -0.39 is 102 Å². The third kappa shape index (κ3) is 4.84. The van der Waals surface area contributed by atoms with E-state index in [-0.39, 0.29) is 16.7 Å². The molecule has 0 aromatic heterocycles. The lowest BCUT2D eigenvalue weighted by Crippen LogP contribution is -2.13. The number of carbonyl (C=O) groups is 1. The van der Waals surface area contributed by atoms with Crippen LogP contribution in [0.1, 0.15) is 21.5 Å². The smallest absolute Gasteiger partial charge is 0.343 e. The second-order valence-electron chi connectivity index (χ2n) is 10.8. The fraction of sp³-hybridized carbons (Fsp3) is 0.0571. The number of rotatable bonds is 4. The Morgan fingerprint density at radius 1 is 0.532 bits per heavy atom. The summed E-state index contributed by atoms with van der Waals surface area (Å²) in [5.74, 6) is -21.3. The van der Waals surface area contributed by atoms with Crippen LogP contribution in [0.3, 0.4) is 0 Å². The average Bonchev–Trinajstić information content (AvgIpc) is 3.05. The van der Waals surface area contributed by atoms with Crippen LogP contribution < -0.4 is 4.74 Å². The fourth-order valence-corrected chi connectivity index (χ4v) is 5.45. The minimum atomic E-state index is -2.37. The van der Waals surface area contributed by atoms with E-state index in [0.717, 1.165) is 0 Å². The van der Waals surface area contributed by atoms with E-state index >= 15 is 22.0 Å². The highest BCUT2D eigenvalue weighted by Crippen LogP contribution is 2.51. The predicted molar refractivity (Wildman–Crippen MR) is 158 cm³/mol. The van der Waals surface area contributed by atoms with Crippen molar-refractivity contribution in [1.29, 1.82) is 0 Å². The van der Waals surface area contributed by atoms with Gasteiger partial charge in [-0.25, -0.2) is 31.1 Å². The molecule has 0 aliphatic rings. The first-order valence-electron chi connectivity index (χ1n) is 13.7. The number of halogens is 7. The largest absolute Gasteiger partial charge is 0.504 e. The Morgan fingerprint density at radius 3 is 1.38 bits per heavy atom. The summed E-state index contributed by atoms with van der Waals surface area (Å²) in [6.45, 7) is 3.39. The molecule has 6 aromatic carbocycles. The summed E-state index contributed by atoms with van der Waals surface area (Å²) in [6.07, 6.45) is 0. The maximum Gasteiger partial charge on any atom is 0.343 e. The van der Waals surface area contributed by atoms with Crippen LogP contribution in [-0.4, -0.2) is 21.3 Å². The first-order chi connectivity index (χ1) is 22.2. The van der Waals surface area contributed by atoms with Gasteiger partial charge in [-0.3, -0.25) is 0 Å². The molecule has 0 radical (unpaired) electrons. The summed E-state index contributed by atoms with van der Waals surface area (Å²) in [6, 6.07) is 13.0. The monoisotopic (exact) mass is 652 g/mol. The van der Waals surface area contributed by atoms with Crippen molar-refractivity contribution in [1.82, 2.24) is 0 Å². The second-order valence-corrected chi connectivity index (χ2v) is 10.8. The molecule has 0 amide bonds. The molecule has 0 aliphatic heterocycles. The van der Waals surface area contributed by atoms with Crippen LogP contribution in [0.2, 0.25) is 0 Å². The Balaban J connectivity index is 1.89. The predicted octanol–water partition coefficient (Wildman–Crippen LogP) is 9.25. The lowest BCUT2D eigenvalue weighted by Gasteiger charge is -2.22. The molecule has 0 saturated heterocycles. The van der Waals surface area contributed by atoms with Gasteiger partial charge in [0.05, 0.1) is 5.56 Å². The summed E-state index contributed by atoms with van der Waals surface area (Å²) in [5.41, 5.74) is -0.0657. The van der Waals surface area contributed by atoms with Crippen molar-refractivity contribution in [2.45, 2.75) is 13.8 Å². The maximum atomic E-state index is 15.9. The van der Waals surface area contributed by atoms with E-state index in [1.54, 1.807) is 13.8 Å². The molecule has 238 valence electrons. The molecule has 12 heteroatoms. The zero-order chi connectivity index (χ0) is 34.1. The molecule has 0 saturated carbocycles. The lowest BCUT2D eigenvalue weighted by atomic mass is 9.83. The molecule has 47 heavy (non-hydrogen) atoms. The minimum Gasteiger partial charge on any atom is -0.504 e. The average molecular weight is 653 g/mol. The van der Waals surface area contributed by atoms with Crippen molar-refractivity contribution in [3.05, 3.63) is 118 Å². The first kappa shape index (κ1) is 31.2. The van der Waals surface area contributed by atoms with E-state index in [1.165, 1.54) is 48.5 Å². The molecule has 0 fully saturated rings. The third-order valence-corrected chi connectivity index (χ3v) is 7.73. The topological polar surface area (TPSA) is 87.0 Å².